The van der Waals surface area contributed by atoms with E-state index in [1.54, 1.807) is 0 Å². The molecule has 1 unspecified atom stereocenters. The van der Waals surface area contributed by atoms with Gasteiger partial charge in [0, 0.05) is 17.1 Å². The van der Waals surface area contributed by atoms with Gasteiger partial charge in [-0.05, 0) is 37.8 Å². The van der Waals surface area contributed by atoms with Crippen molar-refractivity contribution in [1.82, 2.24) is 0 Å². The first-order valence-electron chi connectivity index (χ1n) is 6.72. The van der Waals surface area contributed by atoms with Crippen molar-refractivity contribution in [1.29, 1.82) is 0 Å². The highest BCUT2D eigenvalue weighted by Gasteiger charge is 2.16. The molecule has 1 atom stereocenters. The molecular weight excluding hydrogens is 280 g/mol. The molecule has 1 saturated heterocycles. The second-order valence-corrected chi connectivity index (χ2v) is 7.48. The van der Waals surface area contributed by atoms with E-state index in [9.17, 15) is 0 Å². The lowest BCUT2D eigenvalue weighted by molar-refractivity contribution is 0.173. The third-order valence-electron chi connectivity index (χ3n) is 3.26. The highest BCUT2D eigenvalue weighted by atomic mass is 33.1. The summed E-state index contributed by atoms with van der Waals surface area (Å²) >= 11 is 0. The molecular formula is C14H18O3S2. The van der Waals surface area contributed by atoms with Crippen LogP contribution in [0.5, 0.6) is 17.2 Å². The van der Waals surface area contributed by atoms with Crippen LogP contribution in [-0.2, 0) is 0 Å². The van der Waals surface area contributed by atoms with E-state index in [1.807, 2.05) is 29.0 Å². The Morgan fingerprint density at radius 2 is 2.16 bits per heavy atom. The van der Waals surface area contributed by atoms with Crippen molar-refractivity contribution >= 4 is 21.6 Å². The van der Waals surface area contributed by atoms with Crippen LogP contribution in [0.4, 0.5) is 0 Å². The van der Waals surface area contributed by atoms with E-state index in [0.29, 0.717) is 6.79 Å². The number of ether oxygens (including phenoxy) is 3. The average molecular weight is 298 g/mol. The molecule has 0 spiro atoms. The van der Waals surface area contributed by atoms with Gasteiger partial charge in [-0.1, -0.05) is 21.6 Å². The maximum absolute atomic E-state index is 5.75. The second-order valence-electron chi connectivity index (χ2n) is 4.69. The molecule has 2 aliphatic rings. The van der Waals surface area contributed by atoms with Crippen molar-refractivity contribution < 1.29 is 14.2 Å². The molecule has 3 nitrogen and oxygen atoms in total. The summed E-state index contributed by atoms with van der Waals surface area (Å²) in [5, 5.41) is 0.871. The van der Waals surface area contributed by atoms with Gasteiger partial charge in [0.15, 0.2) is 11.5 Å². The summed E-state index contributed by atoms with van der Waals surface area (Å²) in [5.41, 5.74) is 0. The lowest BCUT2D eigenvalue weighted by Crippen LogP contribution is -2.01. The average Bonchev–Trinajstić information content (AvgIpc) is 3.08. The molecule has 1 aromatic rings. The maximum Gasteiger partial charge on any atom is 0.231 e. The summed E-state index contributed by atoms with van der Waals surface area (Å²) < 4.78 is 16.3. The fourth-order valence-corrected chi connectivity index (χ4v) is 5.22. The number of hydrogen-bond acceptors (Lipinski definition) is 5. The Bertz CT molecular complexity index is 419. The predicted octanol–water partition coefficient (Wildman–Crippen LogP) is 4.12. The molecule has 1 aromatic carbocycles. The summed E-state index contributed by atoms with van der Waals surface area (Å²) in [5.74, 6) is 3.79. The molecule has 5 heteroatoms. The van der Waals surface area contributed by atoms with Crippen LogP contribution in [0.15, 0.2) is 18.2 Å². The molecule has 0 amide bonds. The number of unbranched alkanes of at least 4 members (excludes halogenated alkanes) is 1. The summed E-state index contributed by atoms with van der Waals surface area (Å²) in [4.78, 5) is 0. The predicted molar refractivity (Wildman–Crippen MR) is 80.4 cm³/mol. The number of benzene rings is 1. The summed E-state index contributed by atoms with van der Waals surface area (Å²) in [6.45, 7) is 1.10. The molecule has 0 aliphatic carbocycles. The molecule has 2 heterocycles. The van der Waals surface area contributed by atoms with Crippen molar-refractivity contribution in [2.24, 2.45) is 0 Å². The first kappa shape index (κ1) is 13.3. The monoisotopic (exact) mass is 298 g/mol. The van der Waals surface area contributed by atoms with Crippen LogP contribution in [0.2, 0.25) is 0 Å². The van der Waals surface area contributed by atoms with E-state index in [1.165, 1.54) is 25.0 Å². The van der Waals surface area contributed by atoms with Crippen LogP contribution in [0.1, 0.15) is 25.7 Å². The van der Waals surface area contributed by atoms with E-state index in [-0.39, 0.29) is 0 Å². The third kappa shape index (κ3) is 3.66. The second kappa shape index (κ2) is 6.66. The minimum absolute atomic E-state index is 0.315. The van der Waals surface area contributed by atoms with Gasteiger partial charge in [-0.25, -0.2) is 0 Å². The van der Waals surface area contributed by atoms with Gasteiger partial charge in [0.25, 0.3) is 0 Å². The molecule has 0 N–H and O–H groups in total. The SMILES string of the molecule is c1cc2c(cc1OCCCCC1CCSS1)OCO2. The zero-order chi connectivity index (χ0) is 12.9. The van der Waals surface area contributed by atoms with Crippen molar-refractivity contribution in [2.75, 3.05) is 19.2 Å². The molecule has 0 saturated carbocycles. The van der Waals surface area contributed by atoms with Gasteiger partial charge < -0.3 is 14.2 Å². The molecule has 3 rings (SSSR count). The number of fused-ring (bicyclic) bond motifs is 1. The Labute approximate surface area is 121 Å². The maximum atomic E-state index is 5.75. The minimum atomic E-state index is 0.315. The van der Waals surface area contributed by atoms with E-state index in [2.05, 4.69) is 10.8 Å². The van der Waals surface area contributed by atoms with Crippen molar-refractivity contribution in [3.8, 4) is 17.2 Å². The lowest BCUT2D eigenvalue weighted by atomic mass is 10.1. The number of hydrogen-bond donors (Lipinski definition) is 0. The Morgan fingerprint density at radius 1 is 1.21 bits per heavy atom. The van der Waals surface area contributed by atoms with Crippen molar-refractivity contribution in [3.63, 3.8) is 0 Å². The molecule has 2 aliphatic heterocycles. The van der Waals surface area contributed by atoms with Crippen LogP contribution in [-0.4, -0.2) is 24.4 Å². The topological polar surface area (TPSA) is 27.7 Å². The molecule has 0 aromatic heterocycles. The van der Waals surface area contributed by atoms with Crippen LogP contribution in [0.25, 0.3) is 0 Å². The van der Waals surface area contributed by atoms with Gasteiger partial charge in [-0.15, -0.1) is 0 Å². The van der Waals surface area contributed by atoms with Crippen LogP contribution in [0.3, 0.4) is 0 Å². The van der Waals surface area contributed by atoms with Crippen LogP contribution < -0.4 is 14.2 Å². The van der Waals surface area contributed by atoms with Gasteiger partial charge in [-0.2, -0.15) is 0 Å². The van der Waals surface area contributed by atoms with Crippen molar-refractivity contribution in [3.05, 3.63) is 18.2 Å². The zero-order valence-electron chi connectivity index (χ0n) is 10.8. The lowest BCUT2D eigenvalue weighted by Gasteiger charge is -2.08. The van der Waals surface area contributed by atoms with E-state index < -0.39 is 0 Å². The van der Waals surface area contributed by atoms with Crippen LogP contribution >= 0.6 is 21.6 Å². The van der Waals surface area contributed by atoms with Gasteiger partial charge in [-0.3, -0.25) is 0 Å². The van der Waals surface area contributed by atoms with Gasteiger partial charge in [0.05, 0.1) is 6.61 Å². The first-order chi connectivity index (χ1) is 9.42. The fourth-order valence-electron chi connectivity index (χ4n) is 2.20. The van der Waals surface area contributed by atoms with Crippen LogP contribution in [0, 0.1) is 0 Å². The fraction of sp³-hybridized carbons (Fsp3) is 0.571. The molecule has 0 radical (unpaired) electrons. The Morgan fingerprint density at radius 3 is 3.05 bits per heavy atom. The quantitative estimate of drug-likeness (QED) is 0.582. The summed E-state index contributed by atoms with van der Waals surface area (Å²) in [6.07, 6.45) is 5.07. The highest BCUT2D eigenvalue weighted by molar-refractivity contribution is 8.77. The molecule has 0 bridgehead atoms. The van der Waals surface area contributed by atoms with Gasteiger partial charge in [0.1, 0.15) is 5.75 Å². The summed E-state index contributed by atoms with van der Waals surface area (Å²) in [6, 6.07) is 5.76. The van der Waals surface area contributed by atoms with E-state index >= 15 is 0 Å². The standard InChI is InChI=1S/C14H18O3S2/c1(3-12-6-8-18-19-12)2-7-15-11-4-5-13-14(9-11)17-10-16-13/h4-5,9,12H,1-3,6-8,10H2. The minimum Gasteiger partial charge on any atom is -0.493 e. The molecule has 1 fully saturated rings. The Kier molecular flexibility index (Phi) is 4.66. The Hall–Kier alpha value is -0.680. The molecule has 104 valence electrons. The zero-order valence-corrected chi connectivity index (χ0v) is 12.4. The van der Waals surface area contributed by atoms with Crippen molar-refractivity contribution in [2.45, 2.75) is 30.9 Å². The normalized spacial score (nSPS) is 20.7. The largest absolute Gasteiger partial charge is 0.493 e. The third-order valence-corrected chi connectivity index (χ3v) is 6.27. The van der Waals surface area contributed by atoms with Gasteiger partial charge in [0.2, 0.25) is 6.79 Å². The summed E-state index contributed by atoms with van der Waals surface area (Å²) in [7, 11) is 4.07. The smallest absolute Gasteiger partial charge is 0.231 e. The van der Waals surface area contributed by atoms with E-state index in [0.717, 1.165) is 35.5 Å². The van der Waals surface area contributed by atoms with Gasteiger partial charge >= 0.3 is 0 Å². The highest BCUT2D eigenvalue weighted by Crippen LogP contribution is 2.40. The number of rotatable bonds is 6. The Balaban J connectivity index is 1.35. The molecule has 19 heavy (non-hydrogen) atoms. The van der Waals surface area contributed by atoms with E-state index in [4.69, 9.17) is 14.2 Å². The first-order valence-corrected chi connectivity index (χ1v) is 9.11.